The van der Waals surface area contributed by atoms with Crippen LogP contribution in [0.5, 0.6) is 0 Å². The average molecular weight is 366 g/mol. The second-order valence-electron chi connectivity index (χ2n) is 7.89. The Bertz CT molecular complexity index is 749. The van der Waals surface area contributed by atoms with Crippen molar-refractivity contribution in [3.05, 3.63) is 59.8 Å². The predicted octanol–water partition coefficient (Wildman–Crippen LogP) is 5.07. The predicted molar refractivity (Wildman–Crippen MR) is 111 cm³/mol. The quantitative estimate of drug-likeness (QED) is 0.742. The highest BCUT2D eigenvalue weighted by atomic mass is 16.2. The maximum atomic E-state index is 13.2. The molecule has 0 bridgehead atoms. The molecule has 0 aliphatic carbocycles. The summed E-state index contributed by atoms with van der Waals surface area (Å²) in [7, 11) is 0. The minimum Gasteiger partial charge on any atom is -0.351 e. The van der Waals surface area contributed by atoms with Crippen LogP contribution in [0.15, 0.2) is 48.7 Å². The van der Waals surface area contributed by atoms with E-state index in [1.54, 1.807) is 0 Å². The van der Waals surface area contributed by atoms with Gasteiger partial charge in [-0.3, -0.25) is 4.79 Å². The van der Waals surface area contributed by atoms with Gasteiger partial charge in [-0.2, -0.15) is 0 Å². The van der Waals surface area contributed by atoms with Crippen molar-refractivity contribution in [3.8, 4) is 0 Å². The Hall–Kier alpha value is -2.36. The molecular formula is C23H31N3O. The smallest absolute Gasteiger partial charge is 0.254 e. The Morgan fingerprint density at radius 3 is 2.41 bits per heavy atom. The molecule has 0 saturated carbocycles. The van der Waals surface area contributed by atoms with Gasteiger partial charge in [0, 0.05) is 36.0 Å². The van der Waals surface area contributed by atoms with Gasteiger partial charge in [0.1, 0.15) is 5.82 Å². The minimum atomic E-state index is 0.0788. The molecule has 1 atom stereocenters. The van der Waals surface area contributed by atoms with Crippen LogP contribution in [0.1, 0.15) is 68.9 Å². The zero-order valence-electron chi connectivity index (χ0n) is 16.9. The van der Waals surface area contributed by atoms with Crippen LogP contribution in [-0.2, 0) is 0 Å². The van der Waals surface area contributed by atoms with Crippen molar-refractivity contribution in [3.63, 3.8) is 0 Å². The minimum absolute atomic E-state index is 0.0788. The van der Waals surface area contributed by atoms with Gasteiger partial charge in [0.25, 0.3) is 5.91 Å². The largest absolute Gasteiger partial charge is 0.351 e. The van der Waals surface area contributed by atoms with Crippen molar-refractivity contribution in [1.29, 1.82) is 0 Å². The number of anilines is 1. The lowest BCUT2D eigenvalue weighted by molar-refractivity contribution is 0.0611. The molecule has 1 aliphatic rings. The van der Waals surface area contributed by atoms with Crippen molar-refractivity contribution < 1.29 is 4.79 Å². The highest BCUT2D eigenvalue weighted by molar-refractivity contribution is 5.94. The van der Waals surface area contributed by atoms with Gasteiger partial charge in [0.2, 0.25) is 0 Å². The SMILES string of the molecule is CC(C)N(c1ncccc1[C@H]1CCCCN1C(=O)c1ccccc1)C(C)C. The fourth-order valence-electron chi connectivity index (χ4n) is 4.22. The van der Waals surface area contributed by atoms with E-state index in [0.29, 0.717) is 12.1 Å². The van der Waals surface area contributed by atoms with Gasteiger partial charge >= 0.3 is 0 Å². The van der Waals surface area contributed by atoms with Crippen LogP contribution >= 0.6 is 0 Å². The van der Waals surface area contributed by atoms with Crippen LogP contribution in [0, 0.1) is 0 Å². The molecule has 0 spiro atoms. The number of piperidine rings is 1. The van der Waals surface area contributed by atoms with Crippen molar-refractivity contribution in [2.24, 2.45) is 0 Å². The molecule has 0 N–H and O–H groups in total. The summed E-state index contributed by atoms with van der Waals surface area (Å²) in [6.07, 6.45) is 5.05. The normalized spacial score (nSPS) is 17.4. The first-order valence-electron chi connectivity index (χ1n) is 10.1. The molecule has 1 aliphatic heterocycles. The lowest BCUT2D eigenvalue weighted by Gasteiger charge is -2.40. The molecule has 2 aromatic rings. The van der Waals surface area contributed by atoms with Crippen LogP contribution in [0.25, 0.3) is 0 Å². The Balaban J connectivity index is 2.00. The van der Waals surface area contributed by atoms with E-state index < -0.39 is 0 Å². The van der Waals surface area contributed by atoms with E-state index in [1.165, 1.54) is 5.56 Å². The molecule has 3 rings (SSSR count). The Kier molecular flexibility index (Phi) is 6.15. The van der Waals surface area contributed by atoms with Crippen LogP contribution < -0.4 is 4.90 Å². The Morgan fingerprint density at radius 1 is 1.04 bits per heavy atom. The van der Waals surface area contributed by atoms with Crippen LogP contribution in [-0.4, -0.2) is 34.4 Å². The monoisotopic (exact) mass is 365 g/mol. The molecule has 1 amide bonds. The maximum Gasteiger partial charge on any atom is 0.254 e. The number of hydrogen-bond acceptors (Lipinski definition) is 3. The Labute approximate surface area is 163 Å². The molecule has 1 aromatic carbocycles. The first-order valence-corrected chi connectivity index (χ1v) is 10.1. The van der Waals surface area contributed by atoms with E-state index in [0.717, 1.165) is 37.2 Å². The maximum absolute atomic E-state index is 13.2. The molecule has 4 heteroatoms. The van der Waals surface area contributed by atoms with Gasteiger partial charge in [-0.25, -0.2) is 4.98 Å². The first kappa shape index (κ1) is 19.4. The van der Waals surface area contributed by atoms with Gasteiger partial charge in [0.05, 0.1) is 6.04 Å². The van der Waals surface area contributed by atoms with Crippen LogP contribution in [0.4, 0.5) is 5.82 Å². The van der Waals surface area contributed by atoms with Crippen molar-refractivity contribution in [2.45, 2.75) is 65.1 Å². The summed E-state index contributed by atoms with van der Waals surface area (Å²) in [4.78, 5) is 22.4. The number of carbonyl (C=O) groups excluding carboxylic acids is 1. The highest BCUT2D eigenvalue weighted by Gasteiger charge is 2.32. The number of nitrogens with zero attached hydrogens (tertiary/aromatic N) is 3. The highest BCUT2D eigenvalue weighted by Crippen LogP contribution is 2.37. The second-order valence-corrected chi connectivity index (χ2v) is 7.89. The zero-order valence-corrected chi connectivity index (χ0v) is 16.9. The summed E-state index contributed by atoms with van der Waals surface area (Å²) in [5, 5.41) is 0. The second kappa shape index (κ2) is 8.55. The van der Waals surface area contributed by atoms with Crippen molar-refractivity contribution >= 4 is 11.7 Å². The van der Waals surface area contributed by atoms with E-state index in [2.05, 4.69) is 43.6 Å². The van der Waals surface area contributed by atoms with Gasteiger partial charge in [-0.1, -0.05) is 24.3 Å². The summed E-state index contributed by atoms with van der Waals surface area (Å²) in [5.41, 5.74) is 1.93. The summed E-state index contributed by atoms with van der Waals surface area (Å²) in [6.45, 7) is 9.60. The van der Waals surface area contributed by atoms with E-state index in [9.17, 15) is 4.79 Å². The zero-order chi connectivity index (χ0) is 19.4. The number of hydrogen-bond donors (Lipinski definition) is 0. The molecule has 144 valence electrons. The molecule has 2 heterocycles. The van der Waals surface area contributed by atoms with E-state index in [1.807, 2.05) is 42.6 Å². The van der Waals surface area contributed by atoms with Gasteiger partial charge < -0.3 is 9.80 Å². The molecule has 4 nitrogen and oxygen atoms in total. The first-order chi connectivity index (χ1) is 13.0. The summed E-state index contributed by atoms with van der Waals surface area (Å²) < 4.78 is 0. The Morgan fingerprint density at radius 2 is 1.74 bits per heavy atom. The summed E-state index contributed by atoms with van der Waals surface area (Å²) in [5.74, 6) is 1.14. The van der Waals surface area contributed by atoms with E-state index in [4.69, 9.17) is 4.98 Å². The number of rotatable bonds is 5. The average Bonchev–Trinajstić information content (AvgIpc) is 2.68. The molecule has 27 heavy (non-hydrogen) atoms. The topological polar surface area (TPSA) is 36.4 Å². The number of aromatic nitrogens is 1. The third-order valence-corrected chi connectivity index (χ3v) is 5.32. The van der Waals surface area contributed by atoms with Crippen LogP contribution in [0.2, 0.25) is 0 Å². The number of carbonyl (C=O) groups is 1. The van der Waals surface area contributed by atoms with Crippen molar-refractivity contribution in [1.82, 2.24) is 9.88 Å². The van der Waals surface area contributed by atoms with Crippen molar-refractivity contribution in [2.75, 3.05) is 11.4 Å². The lowest BCUT2D eigenvalue weighted by atomic mass is 9.94. The van der Waals surface area contributed by atoms with Gasteiger partial charge in [-0.15, -0.1) is 0 Å². The molecule has 1 aromatic heterocycles. The summed E-state index contributed by atoms with van der Waals surface area (Å²) in [6, 6.07) is 14.6. The fraction of sp³-hybridized carbons (Fsp3) is 0.478. The third kappa shape index (κ3) is 4.15. The number of amides is 1. The van der Waals surface area contributed by atoms with E-state index >= 15 is 0 Å². The van der Waals surface area contributed by atoms with E-state index in [-0.39, 0.29) is 11.9 Å². The molecule has 0 unspecified atom stereocenters. The van der Waals surface area contributed by atoms with Gasteiger partial charge in [-0.05, 0) is 65.2 Å². The lowest BCUT2D eigenvalue weighted by Crippen LogP contribution is -2.42. The third-order valence-electron chi connectivity index (χ3n) is 5.32. The number of benzene rings is 1. The fourth-order valence-corrected chi connectivity index (χ4v) is 4.22. The molecule has 1 fully saturated rings. The molecule has 1 saturated heterocycles. The standard InChI is InChI=1S/C23H31N3O/c1-17(2)26(18(3)4)22-20(13-10-15-24-22)21-14-8-9-16-25(21)23(27)19-11-6-5-7-12-19/h5-7,10-13,15,17-18,21H,8-9,14,16H2,1-4H3/t21-/m1/s1. The number of pyridine rings is 1. The summed E-state index contributed by atoms with van der Waals surface area (Å²) >= 11 is 0. The van der Waals surface area contributed by atoms with Crippen LogP contribution in [0.3, 0.4) is 0 Å². The van der Waals surface area contributed by atoms with Gasteiger partial charge in [0.15, 0.2) is 0 Å². The molecule has 0 radical (unpaired) electrons. The molecular weight excluding hydrogens is 334 g/mol. The number of likely N-dealkylation sites (tertiary alicyclic amines) is 1.